The topological polar surface area (TPSA) is 125 Å². The van der Waals surface area contributed by atoms with Gasteiger partial charge in [0.2, 0.25) is 11.8 Å². The summed E-state index contributed by atoms with van der Waals surface area (Å²) in [4.78, 5) is 25.4. The van der Waals surface area contributed by atoms with Crippen molar-refractivity contribution in [2.75, 3.05) is 24.7 Å². The predicted octanol–water partition coefficient (Wildman–Crippen LogP) is 3.07. The normalized spacial score (nSPS) is 19.6. The fraction of sp³-hybridized carbons (Fsp3) is 0.429. The Bertz CT molecular complexity index is 1060. The summed E-state index contributed by atoms with van der Waals surface area (Å²) in [6, 6.07) is 11.0. The minimum Gasteiger partial charge on any atom is -0.326 e. The Balaban J connectivity index is 0.00000363. The maximum atomic E-state index is 13.1. The summed E-state index contributed by atoms with van der Waals surface area (Å²) in [5.74, 6) is -0.792. The van der Waals surface area contributed by atoms with Gasteiger partial charge in [0.05, 0.1) is 12.2 Å². The van der Waals surface area contributed by atoms with Gasteiger partial charge in [0.15, 0.2) is 9.84 Å². The van der Waals surface area contributed by atoms with E-state index in [1.807, 2.05) is 24.3 Å². The number of anilines is 1. The molecule has 8 nitrogen and oxygen atoms in total. The lowest BCUT2D eigenvalue weighted by Gasteiger charge is -2.35. The molecular weight excluding hydrogens is 474 g/mol. The summed E-state index contributed by atoms with van der Waals surface area (Å²) in [5, 5.41) is 14.8. The number of sulfone groups is 1. The molecular formula is C21H28ClN3O5S2. The van der Waals surface area contributed by atoms with Crippen molar-refractivity contribution in [3.05, 3.63) is 41.3 Å². The highest BCUT2D eigenvalue weighted by Crippen LogP contribution is 2.47. The van der Waals surface area contributed by atoms with Gasteiger partial charge < -0.3 is 10.6 Å². The van der Waals surface area contributed by atoms with E-state index in [4.69, 9.17) is 5.21 Å². The molecule has 1 aliphatic heterocycles. The van der Waals surface area contributed by atoms with Crippen LogP contribution in [0.5, 0.6) is 0 Å². The average Bonchev–Trinajstić information content (AvgIpc) is 3.24. The third kappa shape index (κ3) is 5.68. The highest BCUT2D eigenvalue weighted by Gasteiger charge is 2.49. The molecule has 4 N–H and O–H groups in total. The second-order valence-electron chi connectivity index (χ2n) is 7.63. The van der Waals surface area contributed by atoms with Gasteiger partial charge in [-0.05, 0) is 49.7 Å². The van der Waals surface area contributed by atoms with Gasteiger partial charge in [0, 0.05) is 28.4 Å². The number of hydrogen-bond acceptors (Lipinski definition) is 7. The Kier molecular flexibility index (Phi) is 9.23. The van der Waals surface area contributed by atoms with Crippen LogP contribution in [0.2, 0.25) is 0 Å². The van der Waals surface area contributed by atoms with E-state index < -0.39 is 20.5 Å². The third-order valence-corrected chi connectivity index (χ3v) is 9.55. The summed E-state index contributed by atoms with van der Waals surface area (Å²) in [7, 11) is -1.79. The monoisotopic (exact) mass is 501 g/mol. The van der Waals surface area contributed by atoms with E-state index in [0.29, 0.717) is 42.8 Å². The van der Waals surface area contributed by atoms with Gasteiger partial charge in [0.25, 0.3) is 0 Å². The number of benzene rings is 1. The van der Waals surface area contributed by atoms with Crippen LogP contribution in [0.1, 0.15) is 37.0 Å². The smallest absolute Gasteiger partial charge is 0.245 e. The Morgan fingerprint density at radius 3 is 2.62 bits per heavy atom. The van der Waals surface area contributed by atoms with Gasteiger partial charge in [-0.3, -0.25) is 14.8 Å². The van der Waals surface area contributed by atoms with Crippen LogP contribution in [0.25, 0.3) is 10.4 Å². The van der Waals surface area contributed by atoms with E-state index in [2.05, 4.69) is 10.6 Å². The summed E-state index contributed by atoms with van der Waals surface area (Å²) in [6.07, 6.45) is 1.65. The van der Waals surface area contributed by atoms with E-state index in [1.54, 1.807) is 24.7 Å². The molecule has 0 unspecified atom stereocenters. The van der Waals surface area contributed by atoms with E-state index in [9.17, 15) is 18.0 Å². The average molecular weight is 502 g/mol. The fourth-order valence-electron chi connectivity index (χ4n) is 3.86. The standard InChI is InChI=1S/C21H27N3O5S2.ClH/c1-22-11-9-19(25)23-16-6-4-5-15(13-16)17-7-8-18(30-17)21(14-20(26)24-27)10-2-3-12-31(21,28)29;/h4-8,13,22,27H,2-3,9-12,14H2,1H3,(H,23,25)(H,24,26);1H/t21-;/m0./s1. The zero-order valence-corrected chi connectivity index (χ0v) is 20.2. The minimum absolute atomic E-state index is 0. The molecule has 0 aliphatic carbocycles. The van der Waals surface area contributed by atoms with Crippen molar-refractivity contribution in [1.29, 1.82) is 0 Å². The van der Waals surface area contributed by atoms with E-state index in [0.717, 1.165) is 10.4 Å². The van der Waals surface area contributed by atoms with E-state index >= 15 is 0 Å². The first-order valence-corrected chi connectivity index (χ1v) is 12.6. The molecule has 0 bridgehead atoms. The fourth-order valence-corrected chi connectivity index (χ4v) is 7.64. The summed E-state index contributed by atoms with van der Waals surface area (Å²) in [5.41, 5.74) is 3.09. The Morgan fingerprint density at radius 2 is 1.94 bits per heavy atom. The largest absolute Gasteiger partial charge is 0.326 e. The molecule has 32 heavy (non-hydrogen) atoms. The van der Waals surface area contributed by atoms with Gasteiger partial charge in [-0.1, -0.05) is 18.6 Å². The molecule has 1 atom stereocenters. The number of hydrogen-bond donors (Lipinski definition) is 4. The van der Waals surface area contributed by atoms with Gasteiger partial charge in [-0.15, -0.1) is 23.7 Å². The quantitative estimate of drug-likeness (QED) is 0.325. The van der Waals surface area contributed by atoms with Crippen molar-refractivity contribution in [3.63, 3.8) is 0 Å². The van der Waals surface area contributed by atoms with Crippen LogP contribution in [0.4, 0.5) is 5.69 Å². The number of hydroxylamine groups is 1. The number of carbonyl (C=O) groups is 2. The van der Waals surface area contributed by atoms with Gasteiger partial charge >= 0.3 is 0 Å². The van der Waals surface area contributed by atoms with Crippen molar-refractivity contribution < 1.29 is 23.2 Å². The molecule has 0 spiro atoms. The van der Waals surface area contributed by atoms with Gasteiger partial charge in [-0.2, -0.15) is 0 Å². The third-order valence-electron chi connectivity index (χ3n) is 5.50. The van der Waals surface area contributed by atoms with Gasteiger partial charge in [0.1, 0.15) is 4.75 Å². The number of thiophene rings is 1. The summed E-state index contributed by atoms with van der Waals surface area (Å²) in [6.45, 7) is 0.581. The number of rotatable bonds is 8. The van der Waals surface area contributed by atoms with Crippen LogP contribution in [-0.2, 0) is 24.2 Å². The van der Waals surface area contributed by atoms with Crippen LogP contribution in [0.3, 0.4) is 0 Å². The first-order valence-electron chi connectivity index (χ1n) is 10.1. The minimum atomic E-state index is -3.57. The Hall–Kier alpha value is -1.98. The number of nitrogens with one attached hydrogen (secondary N) is 3. The molecule has 11 heteroatoms. The maximum absolute atomic E-state index is 13.1. The number of halogens is 1. The number of amides is 2. The van der Waals surface area contributed by atoms with Crippen LogP contribution >= 0.6 is 23.7 Å². The Morgan fingerprint density at radius 1 is 1.16 bits per heavy atom. The van der Waals surface area contributed by atoms with E-state index in [-0.39, 0.29) is 30.5 Å². The molecule has 1 saturated heterocycles. The molecule has 0 saturated carbocycles. The molecule has 1 aromatic carbocycles. The lowest BCUT2D eigenvalue weighted by Crippen LogP contribution is -2.43. The van der Waals surface area contributed by atoms with Crippen LogP contribution in [-0.4, -0.2) is 44.8 Å². The maximum Gasteiger partial charge on any atom is 0.245 e. The lowest BCUT2D eigenvalue weighted by molar-refractivity contribution is -0.130. The van der Waals surface area contributed by atoms with Crippen molar-refractivity contribution in [2.24, 2.45) is 0 Å². The van der Waals surface area contributed by atoms with E-state index in [1.165, 1.54) is 11.3 Å². The summed E-state index contributed by atoms with van der Waals surface area (Å²) < 4.78 is 24.8. The van der Waals surface area contributed by atoms with Crippen molar-refractivity contribution >= 4 is 51.1 Å². The molecule has 2 amide bonds. The molecule has 2 heterocycles. The molecule has 1 fully saturated rings. The first kappa shape index (κ1) is 26.3. The summed E-state index contributed by atoms with van der Waals surface area (Å²) >= 11 is 1.32. The first-order chi connectivity index (χ1) is 14.8. The molecule has 176 valence electrons. The Labute approximate surface area is 198 Å². The highest BCUT2D eigenvalue weighted by molar-refractivity contribution is 7.92. The second kappa shape index (κ2) is 11.2. The molecule has 1 aliphatic rings. The highest BCUT2D eigenvalue weighted by atomic mass is 35.5. The van der Waals surface area contributed by atoms with Crippen LogP contribution in [0.15, 0.2) is 36.4 Å². The zero-order chi connectivity index (χ0) is 22.5. The SMILES string of the molecule is CNCCC(=O)Nc1cccc(-c2ccc([C@@]3(CC(=O)NO)CCCCS3(=O)=O)s2)c1.Cl. The van der Waals surface area contributed by atoms with Crippen molar-refractivity contribution in [1.82, 2.24) is 10.8 Å². The molecule has 2 aromatic rings. The molecule has 3 rings (SSSR count). The molecule has 1 aromatic heterocycles. The zero-order valence-electron chi connectivity index (χ0n) is 17.7. The second-order valence-corrected chi connectivity index (χ2v) is 11.1. The predicted molar refractivity (Wildman–Crippen MR) is 128 cm³/mol. The van der Waals surface area contributed by atoms with Gasteiger partial charge in [-0.25, -0.2) is 13.9 Å². The van der Waals surface area contributed by atoms with Crippen molar-refractivity contribution in [3.8, 4) is 10.4 Å². The van der Waals surface area contributed by atoms with Crippen molar-refractivity contribution in [2.45, 2.75) is 36.9 Å². The lowest BCUT2D eigenvalue weighted by atomic mass is 9.94. The van der Waals surface area contributed by atoms with Crippen LogP contribution < -0.4 is 16.1 Å². The molecule has 0 radical (unpaired) electrons. The number of carbonyl (C=O) groups excluding carboxylic acids is 2. The van der Waals surface area contributed by atoms with Crippen LogP contribution in [0, 0.1) is 0 Å².